The summed E-state index contributed by atoms with van der Waals surface area (Å²) in [6.07, 6.45) is 5.25. The quantitative estimate of drug-likeness (QED) is 0.752. The van der Waals surface area contributed by atoms with Crippen LogP contribution < -0.4 is 0 Å². The number of piperidine rings is 1. The van der Waals surface area contributed by atoms with E-state index < -0.39 is 0 Å². The molecule has 0 N–H and O–H groups in total. The number of nitrogens with zero attached hydrogens (tertiary/aromatic N) is 5. The molecule has 150 valence electrons. The number of hydrogen-bond donors (Lipinski definition) is 0. The molecule has 2 fully saturated rings. The number of hydrogen-bond acceptors (Lipinski definition) is 4. The molecule has 2 aromatic rings. The topological polar surface area (TPSA) is 54.3 Å². The minimum Gasteiger partial charge on any atom is -0.336 e. The van der Waals surface area contributed by atoms with Crippen LogP contribution >= 0.6 is 23.2 Å². The monoisotopic (exact) mass is 421 g/mol. The summed E-state index contributed by atoms with van der Waals surface area (Å²) in [5, 5.41) is 5.45. The first-order valence-corrected chi connectivity index (χ1v) is 10.8. The van der Waals surface area contributed by atoms with Gasteiger partial charge < -0.3 is 9.80 Å². The Morgan fingerprint density at radius 1 is 1.11 bits per heavy atom. The molecule has 0 bridgehead atoms. The molecule has 1 amide bonds. The van der Waals surface area contributed by atoms with Gasteiger partial charge in [0.25, 0.3) is 5.91 Å². The van der Waals surface area contributed by atoms with Crippen LogP contribution in [0.3, 0.4) is 0 Å². The third-order valence-corrected chi connectivity index (χ3v) is 6.35. The Labute approximate surface area is 175 Å². The van der Waals surface area contributed by atoms with Crippen LogP contribution in [-0.4, -0.2) is 62.7 Å². The van der Waals surface area contributed by atoms with Gasteiger partial charge >= 0.3 is 0 Å². The Morgan fingerprint density at radius 3 is 2.36 bits per heavy atom. The highest BCUT2D eigenvalue weighted by molar-refractivity contribution is 6.37. The lowest BCUT2D eigenvalue weighted by atomic mass is 10.0. The molecule has 6 nitrogen and oxygen atoms in total. The summed E-state index contributed by atoms with van der Waals surface area (Å²) >= 11 is 12.7. The Hall–Kier alpha value is -1.63. The highest BCUT2D eigenvalue weighted by atomic mass is 35.5. The number of amides is 1. The second-order valence-electron chi connectivity index (χ2n) is 7.45. The second-order valence-corrected chi connectivity index (χ2v) is 8.27. The Balaban J connectivity index is 1.52. The number of likely N-dealkylation sites (tertiary alicyclic amines) is 2. The Morgan fingerprint density at radius 2 is 1.75 bits per heavy atom. The molecule has 0 saturated carbocycles. The maximum Gasteiger partial charge on any atom is 0.293 e. The summed E-state index contributed by atoms with van der Waals surface area (Å²) in [5.41, 5.74) is 0.571. The van der Waals surface area contributed by atoms with Gasteiger partial charge in [0.15, 0.2) is 0 Å². The van der Waals surface area contributed by atoms with Gasteiger partial charge in [0.2, 0.25) is 5.82 Å². The van der Waals surface area contributed by atoms with Crippen molar-refractivity contribution in [3.05, 3.63) is 39.9 Å². The molecule has 0 unspecified atom stereocenters. The number of halogens is 2. The second kappa shape index (κ2) is 8.39. The molecule has 2 saturated heterocycles. The summed E-state index contributed by atoms with van der Waals surface area (Å²) in [6.45, 7) is 5.87. The first kappa shape index (κ1) is 19.7. The van der Waals surface area contributed by atoms with E-state index in [1.165, 1.54) is 25.9 Å². The smallest absolute Gasteiger partial charge is 0.293 e. The number of rotatable bonds is 4. The molecule has 0 spiro atoms. The van der Waals surface area contributed by atoms with Crippen LogP contribution in [0.2, 0.25) is 10.0 Å². The van der Waals surface area contributed by atoms with E-state index in [2.05, 4.69) is 15.0 Å². The van der Waals surface area contributed by atoms with Crippen molar-refractivity contribution in [2.24, 2.45) is 0 Å². The molecule has 2 aliphatic heterocycles. The van der Waals surface area contributed by atoms with E-state index in [1.54, 1.807) is 22.9 Å². The van der Waals surface area contributed by atoms with Crippen LogP contribution in [0.15, 0.2) is 18.2 Å². The van der Waals surface area contributed by atoms with E-state index in [4.69, 9.17) is 23.2 Å². The molecule has 2 aliphatic rings. The van der Waals surface area contributed by atoms with Crippen molar-refractivity contribution in [2.45, 2.75) is 45.1 Å². The molecule has 0 radical (unpaired) electrons. The van der Waals surface area contributed by atoms with Crippen molar-refractivity contribution in [3.8, 4) is 5.69 Å². The van der Waals surface area contributed by atoms with E-state index in [-0.39, 0.29) is 11.7 Å². The van der Waals surface area contributed by atoms with E-state index in [0.29, 0.717) is 34.0 Å². The van der Waals surface area contributed by atoms with Gasteiger partial charge in [0, 0.05) is 25.6 Å². The van der Waals surface area contributed by atoms with Gasteiger partial charge in [-0.25, -0.2) is 9.67 Å². The molecule has 0 aliphatic carbocycles. The zero-order valence-electron chi connectivity index (χ0n) is 16.1. The van der Waals surface area contributed by atoms with Gasteiger partial charge in [-0.15, -0.1) is 5.10 Å². The predicted octanol–water partition coefficient (Wildman–Crippen LogP) is 3.84. The lowest BCUT2D eigenvalue weighted by molar-refractivity contribution is 0.0632. The van der Waals surface area contributed by atoms with Crippen LogP contribution in [0.4, 0.5) is 0 Å². The average molecular weight is 422 g/mol. The summed E-state index contributed by atoms with van der Waals surface area (Å²) in [6, 6.07) is 5.90. The number of benzene rings is 1. The van der Waals surface area contributed by atoms with Crippen molar-refractivity contribution in [3.63, 3.8) is 0 Å². The van der Waals surface area contributed by atoms with E-state index in [0.717, 1.165) is 25.9 Å². The largest absolute Gasteiger partial charge is 0.336 e. The minimum absolute atomic E-state index is 0.114. The van der Waals surface area contributed by atoms with Crippen molar-refractivity contribution < 1.29 is 4.79 Å². The molecule has 8 heteroatoms. The zero-order valence-corrected chi connectivity index (χ0v) is 17.6. The molecule has 1 aromatic carbocycles. The van der Waals surface area contributed by atoms with Crippen LogP contribution in [-0.2, 0) is 6.42 Å². The SMILES string of the molecule is CCc1nc(C(=O)N2CCC(N3CCCC3)CC2)nn1-c1c(Cl)cccc1Cl. The molecule has 3 heterocycles. The van der Waals surface area contributed by atoms with Gasteiger partial charge in [-0.3, -0.25) is 4.79 Å². The number of carbonyl (C=O) groups is 1. The molecule has 1 aromatic heterocycles. The van der Waals surface area contributed by atoms with Crippen LogP contribution in [0, 0.1) is 0 Å². The van der Waals surface area contributed by atoms with Gasteiger partial charge in [-0.05, 0) is 50.9 Å². The van der Waals surface area contributed by atoms with Crippen LogP contribution in [0.5, 0.6) is 0 Å². The molecular weight excluding hydrogens is 397 g/mol. The highest BCUT2D eigenvalue weighted by Gasteiger charge is 2.30. The lowest BCUT2D eigenvalue weighted by Gasteiger charge is -2.36. The van der Waals surface area contributed by atoms with Crippen molar-refractivity contribution in [2.75, 3.05) is 26.2 Å². The third-order valence-electron chi connectivity index (χ3n) is 5.74. The van der Waals surface area contributed by atoms with Crippen molar-refractivity contribution in [1.29, 1.82) is 0 Å². The predicted molar refractivity (Wildman–Crippen MR) is 110 cm³/mol. The van der Waals surface area contributed by atoms with Crippen molar-refractivity contribution in [1.82, 2.24) is 24.6 Å². The fraction of sp³-hybridized carbons (Fsp3) is 0.550. The van der Waals surface area contributed by atoms with Gasteiger partial charge in [-0.1, -0.05) is 36.2 Å². The standard InChI is InChI=1S/C20H25Cl2N5O/c1-2-17-23-19(24-27(17)18-15(21)6-5-7-16(18)22)20(28)26-12-8-14(9-13-26)25-10-3-4-11-25/h5-7,14H,2-4,8-13H2,1H3. The number of aryl methyl sites for hydroxylation is 1. The van der Waals surface area contributed by atoms with Gasteiger partial charge in [0.1, 0.15) is 11.5 Å². The first-order valence-electron chi connectivity index (χ1n) is 10.0. The summed E-state index contributed by atoms with van der Waals surface area (Å²) in [7, 11) is 0. The lowest BCUT2D eigenvalue weighted by Crippen LogP contribution is -2.46. The maximum absolute atomic E-state index is 13.0. The van der Waals surface area contributed by atoms with Crippen molar-refractivity contribution >= 4 is 29.1 Å². The molecular formula is C20H25Cl2N5O. The summed E-state index contributed by atoms with van der Waals surface area (Å²) in [4.78, 5) is 22.0. The normalized spacial score (nSPS) is 18.8. The minimum atomic E-state index is -0.114. The number of aromatic nitrogens is 3. The maximum atomic E-state index is 13.0. The van der Waals surface area contributed by atoms with E-state index >= 15 is 0 Å². The molecule has 4 rings (SSSR count). The average Bonchev–Trinajstić information content (AvgIpc) is 3.38. The summed E-state index contributed by atoms with van der Waals surface area (Å²) in [5.74, 6) is 0.772. The summed E-state index contributed by atoms with van der Waals surface area (Å²) < 4.78 is 1.61. The van der Waals surface area contributed by atoms with E-state index in [9.17, 15) is 4.79 Å². The first-order chi connectivity index (χ1) is 13.6. The van der Waals surface area contributed by atoms with Gasteiger partial charge in [-0.2, -0.15) is 0 Å². The Bertz CT molecular complexity index is 834. The van der Waals surface area contributed by atoms with Crippen LogP contribution in [0.1, 0.15) is 49.1 Å². The molecule has 0 atom stereocenters. The zero-order chi connectivity index (χ0) is 19.7. The van der Waals surface area contributed by atoms with Crippen LogP contribution in [0.25, 0.3) is 5.69 Å². The van der Waals surface area contributed by atoms with Gasteiger partial charge in [0.05, 0.1) is 10.0 Å². The number of carbonyl (C=O) groups excluding carboxylic acids is 1. The fourth-order valence-corrected chi connectivity index (χ4v) is 4.77. The third kappa shape index (κ3) is 3.78. The number of para-hydroxylation sites is 1. The Kier molecular flexibility index (Phi) is 5.90. The fourth-order valence-electron chi connectivity index (χ4n) is 4.22. The van der Waals surface area contributed by atoms with E-state index in [1.807, 2.05) is 11.8 Å². The molecule has 28 heavy (non-hydrogen) atoms. The highest BCUT2D eigenvalue weighted by Crippen LogP contribution is 2.29.